The van der Waals surface area contributed by atoms with Crippen LogP contribution in [0.1, 0.15) is 0 Å². The predicted octanol–water partition coefficient (Wildman–Crippen LogP) is 25.9. The molecule has 4 nitrogen and oxygen atoms in total. The van der Waals surface area contributed by atoms with Gasteiger partial charge in [0, 0.05) is 68.2 Å². The third-order valence-electron chi connectivity index (χ3n) is 19.0. The molecular formula is C90H60N4. The number of hydrogen-bond acceptors (Lipinski definition) is 4. The zero-order valence-corrected chi connectivity index (χ0v) is 51.4. The molecule has 18 aromatic carbocycles. The molecule has 0 saturated heterocycles. The molecule has 0 N–H and O–H groups in total. The molecule has 0 atom stereocenters. The molecule has 0 amide bonds. The number of hydrogen-bond donors (Lipinski definition) is 0. The standard InChI is InChI=1S/C90H60N4/c1-5-29-69(30-6-1)91(73-41-37-61-21-13-17-25-65(61)53-73)77-45-49-81-85(57-77)86-58-78(92(70-31-7-2-8-32-70)74-42-38-62-22-14-18-26-66(62)54-74)46-50-82(86)90-84-52-48-80(94(72-35-11-4-12-36-72)76-44-40-64-24-16-20-28-68(64)56-76)60-88(84)87-59-79(47-51-83(87)89(81)90)93(71-33-9-3-10-34-71)75-43-39-63-23-15-19-27-67(63)55-75/h1-60H. The van der Waals surface area contributed by atoms with Crippen molar-refractivity contribution in [3.05, 3.63) is 364 Å². The largest absolute Gasteiger partial charge is 0.310 e. The van der Waals surface area contributed by atoms with Crippen LogP contribution in [0.2, 0.25) is 0 Å². The third-order valence-corrected chi connectivity index (χ3v) is 19.0. The highest BCUT2D eigenvalue weighted by molar-refractivity contribution is 6.40. The predicted molar refractivity (Wildman–Crippen MR) is 403 cm³/mol. The van der Waals surface area contributed by atoms with Crippen molar-refractivity contribution >= 4 is 165 Å². The van der Waals surface area contributed by atoms with Crippen LogP contribution in [0.15, 0.2) is 364 Å². The summed E-state index contributed by atoms with van der Waals surface area (Å²) in [4.78, 5) is 9.68. The Labute approximate surface area is 545 Å². The van der Waals surface area contributed by atoms with E-state index in [1.165, 1.54) is 75.4 Å². The molecule has 0 heterocycles. The number of para-hydroxylation sites is 4. The molecule has 0 fully saturated rings. The van der Waals surface area contributed by atoms with Gasteiger partial charge in [-0.25, -0.2) is 0 Å². The maximum absolute atomic E-state index is 2.46. The molecular weight excluding hydrogens is 1140 g/mol. The molecule has 440 valence electrons. The molecule has 0 spiro atoms. The number of benzene rings is 18. The molecule has 0 aliphatic carbocycles. The fourth-order valence-electron chi connectivity index (χ4n) is 14.6. The van der Waals surface area contributed by atoms with Crippen molar-refractivity contribution in [1.29, 1.82) is 0 Å². The van der Waals surface area contributed by atoms with E-state index in [0.717, 1.165) is 89.8 Å². The van der Waals surface area contributed by atoms with Gasteiger partial charge in [-0.05, 0) is 243 Å². The van der Waals surface area contributed by atoms with Crippen LogP contribution in [0.4, 0.5) is 68.2 Å². The summed E-state index contributed by atoms with van der Waals surface area (Å²) in [6.45, 7) is 0. The molecule has 0 bridgehead atoms. The first-order valence-electron chi connectivity index (χ1n) is 32.3. The molecule has 4 heteroatoms. The van der Waals surface area contributed by atoms with Crippen molar-refractivity contribution in [1.82, 2.24) is 0 Å². The molecule has 0 saturated carbocycles. The molecule has 0 aliphatic heterocycles. The van der Waals surface area contributed by atoms with Crippen molar-refractivity contribution in [2.24, 2.45) is 0 Å². The zero-order valence-electron chi connectivity index (χ0n) is 51.4. The lowest BCUT2D eigenvalue weighted by Gasteiger charge is -2.29. The Morgan fingerprint density at radius 1 is 0.117 bits per heavy atom. The average molecular weight is 1200 g/mol. The summed E-state index contributed by atoms with van der Waals surface area (Å²) >= 11 is 0. The zero-order chi connectivity index (χ0) is 62.1. The van der Waals surface area contributed by atoms with Crippen molar-refractivity contribution in [2.75, 3.05) is 19.6 Å². The first kappa shape index (κ1) is 54.4. The Morgan fingerprint density at radius 2 is 0.298 bits per heavy atom. The van der Waals surface area contributed by atoms with Gasteiger partial charge in [-0.1, -0.05) is 218 Å². The Kier molecular flexibility index (Phi) is 13.2. The SMILES string of the molecule is c1ccc(N(c2ccc3ccccc3c2)c2ccc3c(c2)c2cc(N(c4ccccc4)c4ccc5ccccc5c4)ccc2c2c4ccc(N(c5ccccc5)c5ccc6ccccc6c5)cc4c4cc(N(c5ccccc5)c5ccc6ccccc6c5)ccc4c32)cc1. The lowest BCUT2D eigenvalue weighted by molar-refractivity contribution is 1.29. The van der Waals surface area contributed by atoms with E-state index in [0.29, 0.717) is 0 Å². The van der Waals surface area contributed by atoms with Gasteiger partial charge < -0.3 is 19.6 Å². The second-order valence-electron chi connectivity index (χ2n) is 24.5. The van der Waals surface area contributed by atoms with Gasteiger partial charge in [-0.2, -0.15) is 0 Å². The molecule has 0 aromatic heterocycles. The van der Waals surface area contributed by atoms with Gasteiger partial charge in [0.1, 0.15) is 0 Å². The Bertz CT molecular complexity index is 5220. The molecule has 0 aliphatic rings. The number of anilines is 12. The molecule has 0 radical (unpaired) electrons. The highest BCUT2D eigenvalue weighted by Crippen LogP contribution is 2.51. The summed E-state index contributed by atoms with van der Waals surface area (Å²) in [7, 11) is 0. The van der Waals surface area contributed by atoms with E-state index in [-0.39, 0.29) is 0 Å². The van der Waals surface area contributed by atoms with Gasteiger partial charge in [-0.15, -0.1) is 0 Å². The smallest absolute Gasteiger partial charge is 0.0468 e. The minimum absolute atomic E-state index is 1.06. The van der Waals surface area contributed by atoms with Gasteiger partial charge >= 0.3 is 0 Å². The Balaban J connectivity index is 0.958. The third kappa shape index (κ3) is 9.47. The van der Waals surface area contributed by atoms with E-state index >= 15 is 0 Å². The summed E-state index contributed by atoms with van der Waals surface area (Å²) in [5.74, 6) is 0. The van der Waals surface area contributed by atoms with Gasteiger partial charge in [0.05, 0.1) is 0 Å². The fraction of sp³-hybridized carbons (Fsp3) is 0. The number of nitrogens with zero attached hydrogens (tertiary/aromatic N) is 4. The van der Waals surface area contributed by atoms with E-state index in [9.17, 15) is 0 Å². The minimum Gasteiger partial charge on any atom is -0.310 e. The normalized spacial score (nSPS) is 11.6. The summed E-state index contributed by atoms with van der Waals surface area (Å²) in [6, 6.07) is 134. The summed E-state index contributed by atoms with van der Waals surface area (Å²) in [5.41, 5.74) is 12.9. The summed E-state index contributed by atoms with van der Waals surface area (Å²) in [5, 5.41) is 21.3. The van der Waals surface area contributed by atoms with Gasteiger partial charge in [0.15, 0.2) is 0 Å². The van der Waals surface area contributed by atoms with Crippen LogP contribution in [0.5, 0.6) is 0 Å². The lowest BCUT2D eigenvalue weighted by atomic mass is 9.86. The average Bonchev–Trinajstić information content (AvgIpc) is 0.702. The van der Waals surface area contributed by atoms with Crippen molar-refractivity contribution in [2.45, 2.75) is 0 Å². The maximum atomic E-state index is 2.46. The minimum atomic E-state index is 1.06. The fourth-order valence-corrected chi connectivity index (χ4v) is 14.6. The lowest BCUT2D eigenvalue weighted by Crippen LogP contribution is -2.11. The Morgan fingerprint density at radius 3 is 0.521 bits per heavy atom. The van der Waals surface area contributed by atoms with Crippen molar-refractivity contribution < 1.29 is 0 Å². The van der Waals surface area contributed by atoms with E-state index in [4.69, 9.17) is 0 Å². The second kappa shape index (κ2) is 22.8. The highest BCUT2D eigenvalue weighted by atomic mass is 15.2. The molecule has 94 heavy (non-hydrogen) atoms. The molecule has 0 unspecified atom stereocenters. The van der Waals surface area contributed by atoms with Crippen LogP contribution in [-0.4, -0.2) is 0 Å². The summed E-state index contributed by atoms with van der Waals surface area (Å²) in [6.07, 6.45) is 0. The van der Waals surface area contributed by atoms with Gasteiger partial charge in [0.2, 0.25) is 0 Å². The first-order valence-corrected chi connectivity index (χ1v) is 32.3. The van der Waals surface area contributed by atoms with E-state index < -0.39 is 0 Å². The molecule has 18 aromatic rings. The van der Waals surface area contributed by atoms with Gasteiger partial charge in [0.25, 0.3) is 0 Å². The highest BCUT2D eigenvalue weighted by Gasteiger charge is 2.25. The van der Waals surface area contributed by atoms with Crippen molar-refractivity contribution in [3.8, 4) is 0 Å². The number of rotatable bonds is 12. The van der Waals surface area contributed by atoms with Crippen LogP contribution in [0.25, 0.3) is 97.0 Å². The number of fused-ring (bicyclic) bond motifs is 15. The van der Waals surface area contributed by atoms with Crippen LogP contribution in [0, 0.1) is 0 Å². The van der Waals surface area contributed by atoms with Gasteiger partial charge in [-0.3, -0.25) is 0 Å². The van der Waals surface area contributed by atoms with Crippen LogP contribution < -0.4 is 19.6 Å². The van der Waals surface area contributed by atoms with E-state index in [1.807, 2.05) is 0 Å². The summed E-state index contributed by atoms with van der Waals surface area (Å²) < 4.78 is 0. The van der Waals surface area contributed by atoms with Crippen LogP contribution >= 0.6 is 0 Å². The Hall–Kier alpha value is -12.5. The first-order chi connectivity index (χ1) is 46.6. The van der Waals surface area contributed by atoms with E-state index in [1.54, 1.807) is 0 Å². The molecule has 18 rings (SSSR count). The maximum Gasteiger partial charge on any atom is 0.0468 e. The van der Waals surface area contributed by atoms with Crippen molar-refractivity contribution in [3.63, 3.8) is 0 Å². The quantitative estimate of drug-likeness (QED) is 0.113. The topological polar surface area (TPSA) is 13.0 Å². The monoisotopic (exact) mass is 1200 g/mol. The van der Waals surface area contributed by atoms with Crippen LogP contribution in [0.3, 0.4) is 0 Å². The van der Waals surface area contributed by atoms with Crippen LogP contribution in [-0.2, 0) is 0 Å². The van der Waals surface area contributed by atoms with E-state index in [2.05, 4.69) is 384 Å². The second-order valence-corrected chi connectivity index (χ2v) is 24.5.